The van der Waals surface area contributed by atoms with E-state index in [-0.39, 0.29) is 12.2 Å². The molecule has 0 aliphatic rings. The number of benzene rings is 1. The Hall–Kier alpha value is -0.670. The third kappa shape index (κ3) is 3.28. The van der Waals surface area contributed by atoms with Crippen LogP contribution in [0.25, 0.3) is 0 Å². The number of carbonyl (C=O) groups is 1. The largest absolute Gasteiger partial charge is 0.388 e. The van der Waals surface area contributed by atoms with E-state index >= 15 is 0 Å². The molecule has 2 nitrogen and oxygen atoms in total. The van der Waals surface area contributed by atoms with Crippen LogP contribution >= 0.6 is 15.9 Å². The van der Waals surface area contributed by atoms with Crippen LogP contribution in [0.5, 0.6) is 0 Å². The highest BCUT2D eigenvalue weighted by atomic mass is 79.9. The van der Waals surface area contributed by atoms with E-state index in [0.717, 1.165) is 10.0 Å². The van der Waals surface area contributed by atoms with Gasteiger partial charge in [0.2, 0.25) is 0 Å². The van der Waals surface area contributed by atoms with Gasteiger partial charge in [-0.25, -0.2) is 0 Å². The molecule has 0 aliphatic heterocycles. The van der Waals surface area contributed by atoms with Crippen LogP contribution in [0, 0.1) is 0 Å². The van der Waals surface area contributed by atoms with Gasteiger partial charge >= 0.3 is 0 Å². The summed E-state index contributed by atoms with van der Waals surface area (Å²) in [5.74, 6) is -0.00424. The van der Waals surface area contributed by atoms with Crippen LogP contribution in [-0.4, -0.2) is 10.9 Å². The van der Waals surface area contributed by atoms with Crippen molar-refractivity contribution in [3.05, 3.63) is 34.3 Å². The van der Waals surface area contributed by atoms with Crippen molar-refractivity contribution >= 4 is 21.7 Å². The van der Waals surface area contributed by atoms with E-state index in [1.165, 1.54) is 6.92 Å². The van der Waals surface area contributed by atoms with Crippen LogP contribution in [0.1, 0.15) is 25.0 Å². The van der Waals surface area contributed by atoms with Crippen molar-refractivity contribution in [2.45, 2.75) is 19.4 Å². The van der Waals surface area contributed by atoms with Gasteiger partial charge in [0.05, 0.1) is 6.10 Å². The zero-order valence-electron chi connectivity index (χ0n) is 7.33. The standard InChI is InChI=1S/C10H11BrO2/c1-7(12)6-10(13)8-2-4-9(11)5-3-8/h2-5,10,13H,6H2,1H3/t10-/m1/s1. The Morgan fingerprint density at radius 3 is 2.46 bits per heavy atom. The minimum atomic E-state index is -0.675. The zero-order chi connectivity index (χ0) is 9.84. The number of Topliss-reactive ketones (excluding diaryl/α,β-unsaturated/α-hetero) is 1. The van der Waals surface area contributed by atoms with Gasteiger partial charge in [0.15, 0.2) is 0 Å². The highest BCUT2D eigenvalue weighted by Crippen LogP contribution is 2.19. The molecular weight excluding hydrogens is 232 g/mol. The molecule has 1 aromatic carbocycles. The van der Waals surface area contributed by atoms with Crippen molar-refractivity contribution in [2.75, 3.05) is 0 Å². The second kappa shape index (κ2) is 4.53. The van der Waals surface area contributed by atoms with E-state index in [2.05, 4.69) is 15.9 Å². The Balaban J connectivity index is 2.71. The maximum absolute atomic E-state index is 10.7. The van der Waals surface area contributed by atoms with Crippen molar-refractivity contribution in [1.82, 2.24) is 0 Å². The third-order valence-corrected chi connectivity index (χ3v) is 2.26. The van der Waals surface area contributed by atoms with Crippen molar-refractivity contribution in [3.63, 3.8) is 0 Å². The molecule has 1 aromatic rings. The molecule has 0 bridgehead atoms. The molecule has 0 spiro atoms. The average molecular weight is 243 g/mol. The van der Waals surface area contributed by atoms with Crippen LogP contribution in [0.15, 0.2) is 28.7 Å². The smallest absolute Gasteiger partial charge is 0.132 e. The topological polar surface area (TPSA) is 37.3 Å². The van der Waals surface area contributed by atoms with Crippen LogP contribution in [-0.2, 0) is 4.79 Å². The molecule has 0 aliphatic carbocycles. The minimum absolute atomic E-state index is 0.00424. The number of hydrogen-bond acceptors (Lipinski definition) is 2. The molecule has 0 saturated heterocycles. The second-order valence-electron chi connectivity index (χ2n) is 2.97. The first kappa shape index (κ1) is 10.4. The van der Waals surface area contributed by atoms with Gasteiger partial charge in [-0.3, -0.25) is 4.79 Å². The van der Waals surface area contributed by atoms with Crippen LogP contribution < -0.4 is 0 Å². The number of rotatable bonds is 3. The van der Waals surface area contributed by atoms with E-state index in [9.17, 15) is 9.90 Å². The first-order valence-corrected chi connectivity index (χ1v) is 4.82. The average Bonchev–Trinajstić information content (AvgIpc) is 2.04. The van der Waals surface area contributed by atoms with E-state index in [1.807, 2.05) is 12.1 Å². The van der Waals surface area contributed by atoms with Crippen molar-refractivity contribution in [1.29, 1.82) is 0 Å². The van der Waals surface area contributed by atoms with Crippen molar-refractivity contribution in [2.24, 2.45) is 0 Å². The highest BCUT2D eigenvalue weighted by molar-refractivity contribution is 9.10. The summed E-state index contributed by atoms with van der Waals surface area (Å²) in [6, 6.07) is 7.30. The van der Waals surface area contributed by atoms with E-state index in [1.54, 1.807) is 12.1 Å². The van der Waals surface area contributed by atoms with Crippen LogP contribution in [0.3, 0.4) is 0 Å². The molecule has 3 heteroatoms. The second-order valence-corrected chi connectivity index (χ2v) is 3.89. The fourth-order valence-corrected chi connectivity index (χ4v) is 1.34. The molecular formula is C10H11BrO2. The Morgan fingerprint density at radius 1 is 1.46 bits per heavy atom. The van der Waals surface area contributed by atoms with Gasteiger partial charge in [0, 0.05) is 10.9 Å². The minimum Gasteiger partial charge on any atom is -0.388 e. The maximum Gasteiger partial charge on any atom is 0.132 e. The van der Waals surface area contributed by atoms with Gasteiger partial charge in [-0.2, -0.15) is 0 Å². The summed E-state index contributed by atoms with van der Waals surface area (Å²) in [6.07, 6.45) is -0.493. The summed E-state index contributed by atoms with van der Waals surface area (Å²) in [6.45, 7) is 1.47. The summed E-state index contributed by atoms with van der Waals surface area (Å²) < 4.78 is 0.964. The number of aliphatic hydroxyl groups is 1. The third-order valence-electron chi connectivity index (χ3n) is 1.74. The van der Waals surface area contributed by atoms with Gasteiger partial charge in [-0.1, -0.05) is 28.1 Å². The number of carbonyl (C=O) groups excluding carboxylic acids is 1. The molecule has 1 atom stereocenters. The molecule has 0 amide bonds. The normalized spacial score (nSPS) is 12.5. The maximum atomic E-state index is 10.7. The predicted octanol–water partition coefficient (Wildman–Crippen LogP) is 2.46. The molecule has 70 valence electrons. The Kier molecular flexibility index (Phi) is 3.63. The summed E-state index contributed by atoms with van der Waals surface area (Å²) in [7, 11) is 0. The SMILES string of the molecule is CC(=O)C[C@@H](O)c1ccc(Br)cc1. The van der Waals surface area contributed by atoms with Gasteiger partial charge in [-0.05, 0) is 24.6 Å². The first-order valence-electron chi connectivity index (χ1n) is 4.02. The number of aliphatic hydroxyl groups excluding tert-OH is 1. The Labute approximate surface area is 85.7 Å². The fourth-order valence-electron chi connectivity index (χ4n) is 1.08. The van der Waals surface area contributed by atoms with Gasteiger partial charge in [0.25, 0.3) is 0 Å². The quantitative estimate of drug-likeness (QED) is 0.885. The van der Waals surface area contributed by atoms with Gasteiger partial charge in [0.1, 0.15) is 5.78 Å². The van der Waals surface area contributed by atoms with E-state index in [4.69, 9.17) is 0 Å². The molecule has 0 aromatic heterocycles. The number of hydrogen-bond donors (Lipinski definition) is 1. The van der Waals surface area contributed by atoms with E-state index < -0.39 is 6.10 Å². The summed E-state index contributed by atoms with van der Waals surface area (Å²) in [5, 5.41) is 9.55. The monoisotopic (exact) mass is 242 g/mol. The molecule has 0 heterocycles. The number of ketones is 1. The highest BCUT2D eigenvalue weighted by Gasteiger charge is 2.09. The lowest BCUT2D eigenvalue weighted by Gasteiger charge is -2.08. The molecule has 0 saturated carbocycles. The lowest BCUT2D eigenvalue weighted by molar-refractivity contribution is -0.118. The van der Waals surface area contributed by atoms with Crippen molar-refractivity contribution < 1.29 is 9.90 Å². The molecule has 1 N–H and O–H groups in total. The fraction of sp³-hybridized carbons (Fsp3) is 0.300. The van der Waals surface area contributed by atoms with Gasteiger partial charge < -0.3 is 5.11 Å². The molecule has 1 rings (SSSR count). The van der Waals surface area contributed by atoms with Crippen LogP contribution in [0.4, 0.5) is 0 Å². The Morgan fingerprint density at radius 2 is 2.00 bits per heavy atom. The van der Waals surface area contributed by atoms with Crippen molar-refractivity contribution in [3.8, 4) is 0 Å². The summed E-state index contributed by atoms with van der Waals surface area (Å²) in [4.78, 5) is 10.7. The summed E-state index contributed by atoms with van der Waals surface area (Å²) in [5.41, 5.74) is 0.776. The molecule has 0 fully saturated rings. The Bertz CT molecular complexity index is 292. The van der Waals surface area contributed by atoms with Crippen LogP contribution in [0.2, 0.25) is 0 Å². The zero-order valence-corrected chi connectivity index (χ0v) is 8.91. The van der Waals surface area contributed by atoms with E-state index in [0.29, 0.717) is 0 Å². The van der Waals surface area contributed by atoms with Gasteiger partial charge in [-0.15, -0.1) is 0 Å². The molecule has 13 heavy (non-hydrogen) atoms. The lowest BCUT2D eigenvalue weighted by atomic mass is 10.1. The number of halogens is 1. The lowest BCUT2D eigenvalue weighted by Crippen LogP contribution is -2.02. The first-order chi connectivity index (χ1) is 6.09. The molecule has 0 radical (unpaired) electrons. The predicted molar refractivity (Wildman–Crippen MR) is 54.4 cm³/mol. The summed E-state index contributed by atoms with van der Waals surface area (Å²) >= 11 is 3.30. The molecule has 0 unspecified atom stereocenters.